The first-order chi connectivity index (χ1) is 10.3. The van der Waals surface area contributed by atoms with E-state index in [1.807, 2.05) is 48.5 Å². The largest absolute Gasteiger partial charge is 0.388 e. The molecule has 0 radical (unpaired) electrons. The molecule has 0 unspecified atom stereocenters. The molecule has 2 nitrogen and oxygen atoms in total. The lowest BCUT2D eigenvalue weighted by Crippen LogP contribution is -2.20. The summed E-state index contributed by atoms with van der Waals surface area (Å²) in [5.41, 5.74) is 7.98. The maximum absolute atomic E-state index is 10.7. The second-order valence-corrected chi connectivity index (χ2v) is 5.27. The van der Waals surface area contributed by atoms with Crippen molar-refractivity contribution in [3.63, 3.8) is 0 Å². The molecule has 3 rings (SSSR count). The number of rotatable bonds is 4. The lowest BCUT2D eigenvalue weighted by molar-refractivity contribution is 0.148. The van der Waals surface area contributed by atoms with E-state index in [2.05, 4.69) is 24.3 Å². The summed E-state index contributed by atoms with van der Waals surface area (Å²) in [6, 6.07) is 24.1. The number of nitrogens with two attached hydrogens (primary N) is 1. The molecule has 0 spiro atoms. The summed E-state index contributed by atoms with van der Waals surface area (Å²) in [7, 11) is 0. The van der Waals surface area contributed by atoms with Crippen molar-refractivity contribution in [2.45, 2.75) is 12.0 Å². The molecule has 0 fully saturated rings. The van der Waals surface area contributed by atoms with Crippen molar-refractivity contribution < 1.29 is 5.11 Å². The van der Waals surface area contributed by atoms with Crippen molar-refractivity contribution in [3.05, 3.63) is 83.9 Å². The van der Waals surface area contributed by atoms with E-state index in [0.29, 0.717) is 6.54 Å². The molecule has 21 heavy (non-hydrogen) atoms. The lowest BCUT2D eigenvalue weighted by Gasteiger charge is -2.23. The molecular formula is C19H19NO. The van der Waals surface area contributed by atoms with E-state index >= 15 is 0 Å². The summed E-state index contributed by atoms with van der Waals surface area (Å²) in [6.07, 6.45) is -0.595. The van der Waals surface area contributed by atoms with Gasteiger partial charge in [0.15, 0.2) is 0 Å². The summed E-state index contributed by atoms with van der Waals surface area (Å²) in [6.45, 7) is 0.407. The third-order valence-corrected chi connectivity index (χ3v) is 4.00. The SMILES string of the molecule is NC[C@H](c1cccc2ccccc12)[C@@H](O)c1ccccc1. The van der Waals surface area contributed by atoms with Gasteiger partial charge < -0.3 is 10.8 Å². The van der Waals surface area contributed by atoms with Crippen LogP contribution in [0.3, 0.4) is 0 Å². The van der Waals surface area contributed by atoms with Crippen molar-refractivity contribution in [1.82, 2.24) is 0 Å². The van der Waals surface area contributed by atoms with E-state index in [-0.39, 0.29) is 5.92 Å². The molecule has 0 aliphatic heterocycles. The summed E-state index contributed by atoms with van der Waals surface area (Å²) < 4.78 is 0. The Bertz CT molecular complexity index is 718. The van der Waals surface area contributed by atoms with Gasteiger partial charge in [-0.3, -0.25) is 0 Å². The van der Waals surface area contributed by atoms with Gasteiger partial charge in [0.25, 0.3) is 0 Å². The Labute approximate surface area is 124 Å². The van der Waals surface area contributed by atoms with Crippen LogP contribution in [-0.2, 0) is 0 Å². The van der Waals surface area contributed by atoms with Crippen LogP contribution >= 0.6 is 0 Å². The molecule has 0 bridgehead atoms. The van der Waals surface area contributed by atoms with E-state index in [1.165, 1.54) is 5.39 Å². The van der Waals surface area contributed by atoms with Crippen LogP contribution in [0.5, 0.6) is 0 Å². The monoisotopic (exact) mass is 277 g/mol. The molecule has 0 heterocycles. The molecule has 0 aliphatic rings. The highest BCUT2D eigenvalue weighted by Crippen LogP contribution is 2.34. The standard InChI is InChI=1S/C19H19NO/c20-13-18(19(21)15-8-2-1-3-9-15)17-12-6-10-14-7-4-5-11-16(14)17/h1-12,18-19,21H,13,20H2/t18-,19+/m1/s1. The number of hydrogen-bond acceptors (Lipinski definition) is 2. The first kappa shape index (κ1) is 13.8. The van der Waals surface area contributed by atoms with Crippen molar-refractivity contribution >= 4 is 10.8 Å². The Morgan fingerprint density at radius 2 is 1.48 bits per heavy atom. The molecule has 0 aromatic heterocycles. The first-order valence-corrected chi connectivity index (χ1v) is 7.22. The minimum absolute atomic E-state index is 0.113. The van der Waals surface area contributed by atoms with E-state index < -0.39 is 6.10 Å². The molecular weight excluding hydrogens is 258 g/mol. The zero-order valence-electron chi connectivity index (χ0n) is 11.8. The van der Waals surface area contributed by atoms with Gasteiger partial charge in [-0.15, -0.1) is 0 Å². The van der Waals surface area contributed by atoms with Crippen LogP contribution in [0.15, 0.2) is 72.8 Å². The van der Waals surface area contributed by atoms with E-state index in [4.69, 9.17) is 5.73 Å². The minimum Gasteiger partial charge on any atom is -0.388 e. The number of aliphatic hydroxyl groups is 1. The topological polar surface area (TPSA) is 46.2 Å². The highest BCUT2D eigenvalue weighted by atomic mass is 16.3. The van der Waals surface area contributed by atoms with Crippen molar-refractivity contribution in [1.29, 1.82) is 0 Å². The normalized spacial score (nSPS) is 14.0. The lowest BCUT2D eigenvalue weighted by atomic mass is 9.86. The van der Waals surface area contributed by atoms with Gasteiger partial charge in [0.05, 0.1) is 6.10 Å². The number of aliphatic hydroxyl groups excluding tert-OH is 1. The molecule has 0 saturated heterocycles. The predicted octanol–water partition coefficient (Wildman–Crippen LogP) is 3.62. The van der Waals surface area contributed by atoms with E-state index in [9.17, 15) is 5.11 Å². The summed E-state index contributed by atoms with van der Waals surface area (Å²) >= 11 is 0. The first-order valence-electron chi connectivity index (χ1n) is 7.22. The average Bonchev–Trinajstić information content (AvgIpc) is 2.56. The van der Waals surface area contributed by atoms with Gasteiger partial charge >= 0.3 is 0 Å². The van der Waals surface area contributed by atoms with Crippen LogP contribution in [0.4, 0.5) is 0 Å². The summed E-state index contributed by atoms with van der Waals surface area (Å²) in [4.78, 5) is 0. The number of fused-ring (bicyclic) bond motifs is 1. The highest BCUT2D eigenvalue weighted by Gasteiger charge is 2.22. The Morgan fingerprint density at radius 3 is 2.24 bits per heavy atom. The maximum Gasteiger partial charge on any atom is 0.0870 e. The van der Waals surface area contributed by atoms with Crippen LogP contribution in [0, 0.1) is 0 Å². The highest BCUT2D eigenvalue weighted by molar-refractivity contribution is 5.86. The van der Waals surface area contributed by atoms with Crippen LogP contribution in [0.2, 0.25) is 0 Å². The smallest absolute Gasteiger partial charge is 0.0870 e. The van der Waals surface area contributed by atoms with Crippen molar-refractivity contribution in [2.75, 3.05) is 6.54 Å². The van der Waals surface area contributed by atoms with Gasteiger partial charge in [-0.25, -0.2) is 0 Å². The number of hydrogen-bond donors (Lipinski definition) is 2. The minimum atomic E-state index is -0.595. The quantitative estimate of drug-likeness (QED) is 0.765. The van der Waals surface area contributed by atoms with E-state index in [1.54, 1.807) is 0 Å². The Hall–Kier alpha value is -2.16. The van der Waals surface area contributed by atoms with Gasteiger partial charge in [0.2, 0.25) is 0 Å². The zero-order valence-corrected chi connectivity index (χ0v) is 11.8. The fourth-order valence-electron chi connectivity index (χ4n) is 2.88. The summed E-state index contributed by atoms with van der Waals surface area (Å²) in [5.74, 6) is -0.113. The second-order valence-electron chi connectivity index (χ2n) is 5.27. The maximum atomic E-state index is 10.7. The third-order valence-electron chi connectivity index (χ3n) is 4.00. The summed E-state index contributed by atoms with van der Waals surface area (Å²) in [5, 5.41) is 13.0. The second kappa shape index (κ2) is 6.08. The molecule has 3 aromatic rings. The Kier molecular flexibility index (Phi) is 4.00. The van der Waals surface area contributed by atoms with Gasteiger partial charge in [-0.2, -0.15) is 0 Å². The third kappa shape index (κ3) is 2.68. The van der Waals surface area contributed by atoms with Crippen LogP contribution in [-0.4, -0.2) is 11.7 Å². The van der Waals surface area contributed by atoms with Crippen LogP contribution < -0.4 is 5.73 Å². The van der Waals surface area contributed by atoms with Crippen LogP contribution in [0.25, 0.3) is 10.8 Å². The molecule has 0 amide bonds. The molecule has 3 aromatic carbocycles. The van der Waals surface area contributed by atoms with Gasteiger partial charge in [-0.1, -0.05) is 72.8 Å². The Balaban J connectivity index is 2.06. The molecule has 0 aliphatic carbocycles. The van der Waals surface area contributed by atoms with Crippen LogP contribution in [0.1, 0.15) is 23.1 Å². The average molecular weight is 277 g/mol. The van der Waals surface area contributed by atoms with E-state index in [0.717, 1.165) is 16.5 Å². The van der Waals surface area contributed by atoms with Gasteiger partial charge in [0, 0.05) is 12.5 Å². The van der Waals surface area contributed by atoms with Crippen molar-refractivity contribution in [2.24, 2.45) is 5.73 Å². The predicted molar refractivity (Wildman–Crippen MR) is 87.1 cm³/mol. The number of benzene rings is 3. The Morgan fingerprint density at radius 1 is 0.810 bits per heavy atom. The fraction of sp³-hybridized carbons (Fsp3) is 0.158. The van der Waals surface area contributed by atoms with Crippen molar-refractivity contribution in [3.8, 4) is 0 Å². The molecule has 0 saturated carbocycles. The van der Waals surface area contributed by atoms with Gasteiger partial charge in [-0.05, 0) is 21.9 Å². The molecule has 2 atom stereocenters. The van der Waals surface area contributed by atoms with Gasteiger partial charge in [0.1, 0.15) is 0 Å². The zero-order chi connectivity index (χ0) is 14.7. The molecule has 106 valence electrons. The molecule has 3 N–H and O–H groups in total. The molecule has 2 heteroatoms. The fourth-order valence-corrected chi connectivity index (χ4v) is 2.88.